The highest BCUT2D eigenvalue weighted by Gasteiger charge is 2.39. The van der Waals surface area contributed by atoms with E-state index in [2.05, 4.69) is 20.9 Å². The van der Waals surface area contributed by atoms with E-state index in [0.29, 0.717) is 11.3 Å². The van der Waals surface area contributed by atoms with Crippen LogP contribution in [0, 0.1) is 0 Å². The van der Waals surface area contributed by atoms with Crippen molar-refractivity contribution < 1.29 is 19.4 Å². The van der Waals surface area contributed by atoms with Crippen LogP contribution in [0.5, 0.6) is 5.75 Å². The molecule has 1 aromatic carbocycles. The number of pyridine rings is 1. The summed E-state index contributed by atoms with van der Waals surface area (Å²) < 4.78 is 5.97. The van der Waals surface area contributed by atoms with Crippen LogP contribution in [-0.2, 0) is 11.3 Å². The van der Waals surface area contributed by atoms with Gasteiger partial charge in [0.2, 0.25) is 0 Å². The monoisotopic (exact) mass is 376 g/mol. The van der Waals surface area contributed by atoms with E-state index in [0.717, 1.165) is 10.0 Å². The van der Waals surface area contributed by atoms with Crippen LogP contribution in [0.2, 0.25) is 0 Å². The van der Waals surface area contributed by atoms with Crippen LogP contribution >= 0.6 is 15.9 Å². The lowest BCUT2D eigenvalue weighted by Gasteiger charge is -2.24. The van der Waals surface area contributed by atoms with Gasteiger partial charge in [-0.15, -0.1) is 0 Å². The topological polar surface area (TPSA) is 79.7 Å². The summed E-state index contributed by atoms with van der Waals surface area (Å²) in [5.74, 6) is -1.14. The molecule has 7 heteroatoms. The first-order valence-electron chi connectivity index (χ1n) is 6.84. The van der Waals surface area contributed by atoms with Gasteiger partial charge >= 0.3 is 5.97 Å². The van der Waals surface area contributed by atoms with E-state index >= 15 is 0 Å². The van der Waals surface area contributed by atoms with Gasteiger partial charge in [0.05, 0.1) is 7.11 Å². The number of carbonyl (C=O) groups excluding carboxylic acids is 1. The number of carboxylic acids is 1. The summed E-state index contributed by atoms with van der Waals surface area (Å²) in [7, 11) is 1.44. The number of aliphatic carboxylic acids is 1. The first-order valence-corrected chi connectivity index (χ1v) is 7.63. The minimum atomic E-state index is -1.20. The molecule has 0 radical (unpaired) electrons. The normalized spacial score (nSPS) is 14.5. The Morgan fingerprint density at radius 3 is 2.91 bits per heavy atom. The molecule has 23 heavy (non-hydrogen) atoms. The number of nitrogens with zero attached hydrogens (tertiary/aromatic N) is 2. The second-order valence-electron chi connectivity index (χ2n) is 5.07. The minimum absolute atomic E-state index is 0.211. The molecule has 1 atom stereocenters. The van der Waals surface area contributed by atoms with Gasteiger partial charge in [0.1, 0.15) is 11.4 Å². The summed E-state index contributed by atoms with van der Waals surface area (Å²) in [6.07, 6.45) is 1.48. The average Bonchev–Trinajstić information content (AvgIpc) is 2.84. The van der Waals surface area contributed by atoms with Crippen molar-refractivity contribution in [2.24, 2.45) is 0 Å². The third-order valence-corrected chi connectivity index (χ3v) is 4.22. The van der Waals surface area contributed by atoms with E-state index in [4.69, 9.17) is 4.74 Å². The highest BCUT2D eigenvalue weighted by Crippen LogP contribution is 2.35. The third kappa shape index (κ3) is 2.68. The van der Waals surface area contributed by atoms with Crippen LogP contribution in [0.15, 0.2) is 41.0 Å². The zero-order valence-corrected chi connectivity index (χ0v) is 13.8. The fourth-order valence-corrected chi connectivity index (χ4v) is 3.04. The van der Waals surface area contributed by atoms with Crippen LogP contribution in [0.1, 0.15) is 27.7 Å². The predicted molar refractivity (Wildman–Crippen MR) is 85.2 cm³/mol. The molecule has 0 unspecified atom stereocenters. The highest BCUT2D eigenvalue weighted by molar-refractivity contribution is 9.10. The van der Waals surface area contributed by atoms with Crippen LogP contribution < -0.4 is 4.74 Å². The van der Waals surface area contributed by atoms with Crippen molar-refractivity contribution in [3.8, 4) is 5.75 Å². The molecule has 0 spiro atoms. The molecule has 1 aliphatic heterocycles. The van der Waals surface area contributed by atoms with Crippen LogP contribution in [0.25, 0.3) is 0 Å². The van der Waals surface area contributed by atoms with Crippen molar-refractivity contribution in [2.75, 3.05) is 7.11 Å². The third-order valence-electron chi connectivity index (χ3n) is 3.73. The number of rotatable bonds is 4. The van der Waals surface area contributed by atoms with Gasteiger partial charge in [-0.1, -0.05) is 22.0 Å². The largest absolute Gasteiger partial charge is 0.495 e. The second kappa shape index (κ2) is 6.00. The van der Waals surface area contributed by atoms with E-state index in [1.807, 2.05) is 12.1 Å². The number of carbonyl (C=O) groups is 2. The smallest absolute Gasteiger partial charge is 0.332 e. The standard InChI is InChI=1S/C16H13BrN2O4/c1-23-12-3-2-6-18-13(12)14(16(21)22)19-8-9-4-5-10(17)7-11(9)15(19)20/h2-7,14H,8H2,1H3,(H,21,22)/t14-/m1/s1. The Morgan fingerprint density at radius 1 is 1.43 bits per heavy atom. The fraction of sp³-hybridized carbons (Fsp3) is 0.188. The van der Waals surface area contributed by atoms with E-state index in [-0.39, 0.29) is 18.1 Å². The molecule has 0 bridgehead atoms. The quantitative estimate of drug-likeness (QED) is 0.886. The molecule has 2 heterocycles. The minimum Gasteiger partial charge on any atom is -0.495 e. The number of halogens is 1. The molecule has 1 aromatic heterocycles. The number of ether oxygens (including phenoxy) is 1. The number of methoxy groups -OCH3 is 1. The fourth-order valence-electron chi connectivity index (χ4n) is 2.68. The molecule has 1 amide bonds. The highest BCUT2D eigenvalue weighted by atomic mass is 79.9. The Labute approximate surface area is 140 Å². The van der Waals surface area contributed by atoms with E-state index in [9.17, 15) is 14.7 Å². The van der Waals surface area contributed by atoms with Gasteiger partial charge in [0.25, 0.3) is 5.91 Å². The van der Waals surface area contributed by atoms with E-state index in [1.165, 1.54) is 18.2 Å². The maximum absolute atomic E-state index is 12.6. The lowest BCUT2D eigenvalue weighted by Crippen LogP contribution is -2.35. The average molecular weight is 377 g/mol. The van der Waals surface area contributed by atoms with Crippen molar-refractivity contribution in [1.29, 1.82) is 0 Å². The summed E-state index contributed by atoms with van der Waals surface area (Å²) >= 11 is 3.33. The molecular formula is C16H13BrN2O4. The first-order chi connectivity index (χ1) is 11.0. The van der Waals surface area contributed by atoms with Gasteiger partial charge in [0, 0.05) is 22.8 Å². The van der Waals surface area contributed by atoms with E-state index < -0.39 is 12.0 Å². The number of hydrogen-bond donors (Lipinski definition) is 1. The molecule has 0 fully saturated rings. The van der Waals surface area contributed by atoms with Gasteiger partial charge in [-0.25, -0.2) is 4.79 Å². The molecule has 6 nitrogen and oxygen atoms in total. The van der Waals surface area contributed by atoms with Crippen molar-refractivity contribution in [1.82, 2.24) is 9.88 Å². The van der Waals surface area contributed by atoms with Crippen molar-refractivity contribution in [3.63, 3.8) is 0 Å². The predicted octanol–water partition coefficient (Wildman–Crippen LogP) is 2.63. The number of fused-ring (bicyclic) bond motifs is 1. The van der Waals surface area contributed by atoms with Crippen molar-refractivity contribution in [3.05, 3.63) is 57.8 Å². The first kappa shape index (κ1) is 15.5. The molecule has 2 aromatic rings. The lowest BCUT2D eigenvalue weighted by atomic mass is 10.1. The summed E-state index contributed by atoms with van der Waals surface area (Å²) in [6, 6.07) is 7.41. The summed E-state index contributed by atoms with van der Waals surface area (Å²) in [5, 5.41) is 9.66. The van der Waals surface area contributed by atoms with Gasteiger partial charge in [-0.2, -0.15) is 0 Å². The molecule has 118 valence electrons. The molecule has 0 aliphatic carbocycles. The van der Waals surface area contributed by atoms with Crippen LogP contribution in [0.3, 0.4) is 0 Å². The molecular weight excluding hydrogens is 364 g/mol. The lowest BCUT2D eigenvalue weighted by molar-refractivity contribution is -0.142. The number of hydrogen-bond acceptors (Lipinski definition) is 4. The van der Waals surface area contributed by atoms with Crippen molar-refractivity contribution in [2.45, 2.75) is 12.6 Å². The molecule has 0 saturated heterocycles. The summed E-state index contributed by atoms with van der Waals surface area (Å²) in [4.78, 5) is 29.9. The number of carboxylic acid groups (broad SMARTS) is 1. The maximum atomic E-state index is 12.6. The number of amides is 1. The van der Waals surface area contributed by atoms with Crippen LogP contribution in [0.4, 0.5) is 0 Å². The SMILES string of the molecule is COc1cccnc1[C@H](C(=O)O)N1Cc2ccc(Br)cc2C1=O. The van der Waals surface area contributed by atoms with Gasteiger partial charge in [-0.3, -0.25) is 9.78 Å². The van der Waals surface area contributed by atoms with Gasteiger partial charge < -0.3 is 14.7 Å². The Morgan fingerprint density at radius 2 is 2.22 bits per heavy atom. The molecule has 1 aliphatic rings. The zero-order chi connectivity index (χ0) is 16.6. The molecule has 1 N–H and O–H groups in total. The van der Waals surface area contributed by atoms with Crippen molar-refractivity contribution >= 4 is 27.8 Å². The van der Waals surface area contributed by atoms with Gasteiger partial charge in [-0.05, 0) is 29.8 Å². The summed E-state index contributed by atoms with van der Waals surface area (Å²) in [5.41, 5.74) is 1.50. The Hall–Kier alpha value is -2.41. The van der Waals surface area contributed by atoms with Gasteiger partial charge in [0.15, 0.2) is 6.04 Å². The Balaban J connectivity index is 2.04. The van der Waals surface area contributed by atoms with Crippen LogP contribution in [-0.4, -0.2) is 34.0 Å². The zero-order valence-electron chi connectivity index (χ0n) is 12.2. The summed E-state index contributed by atoms with van der Waals surface area (Å²) in [6.45, 7) is 0.220. The van der Waals surface area contributed by atoms with E-state index in [1.54, 1.807) is 18.2 Å². The molecule has 0 saturated carbocycles. The second-order valence-corrected chi connectivity index (χ2v) is 5.98. The maximum Gasteiger partial charge on any atom is 0.332 e. The molecule has 3 rings (SSSR count). The Kier molecular flexibility index (Phi) is 4.04. The number of aromatic nitrogens is 1. The number of benzene rings is 1. The Bertz CT molecular complexity index is 793.